The molecule has 0 radical (unpaired) electrons. The predicted molar refractivity (Wildman–Crippen MR) is 83.8 cm³/mol. The second-order valence-corrected chi connectivity index (χ2v) is 6.63. The lowest BCUT2D eigenvalue weighted by atomic mass is 9.79. The highest BCUT2D eigenvalue weighted by atomic mass is 16.3. The van der Waals surface area contributed by atoms with E-state index in [2.05, 4.69) is 36.4 Å². The van der Waals surface area contributed by atoms with Gasteiger partial charge in [-0.25, -0.2) is 0 Å². The van der Waals surface area contributed by atoms with Crippen LogP contribution >= 0.6 is 0 Å². The van der Waals surface area contributed by atoms with Gasteiger partial charge in [0.25, 0.3) is 0 Å². The van der Waals surface area contributed by atoms with Gasteiger partial charge >= 0.3 is 0 Å². The average molecular weight is 278 g/mol. The van der Waals surface area contributed by atoms with E-state index >= 15 is 0 Å². The van der Waals surface area contributed by atoms with E-state index in [-0.39, 0.29) is 0 Å². The summed E-state index contributed by atoms with van der Waals surface area (Å²) in [4.78, 5) is 2.43. The highest BCUT2D eigenvalue weighted by Crippen LogP contribution is 2.35. The monoisotopic (exact) mass is 278 g/mol. The van der Waals surface area contributed by atoms with Gasteiger partial charge in [-0.05, 0) is 51.4 Å². The van der Waals surface area contributed by atoms with E-state index in [9.17, 15) is 0 Å². The molecule has 20 heavy (non-hydrogen) atoms. The lowest BCUT2D eigenvalue weighted by Crippen LogP contribution is -2.41. The summed E-state index contributed by atoms with van der Waals surface area (Å²) in [5.41, 5.74) is 0.446. The molecule has 0 spiro atoms. The number of nitrogens with zero attached hydrogens (tertiary/aromatic N) is 1. The molecule has 3 heteroatoms. The van der Waals surface area contributed by atoms with Gasteiger partial charge in [0.1, 0.15) is 11.5 Å². The number of aryl methyl sites for hydroxylation is 1. The first-order valence-electron chi connectivity index (χ1n) is 8.02. The molecule has 0 atom stereocenters. The molecular formula is C17H30N2O. The van der Waals surface area contributed by atoms with Crippen LogP contribution in [0.1, 0.15) is 50.0 Å². The van der Waals surface area contributed by atoms with E-state index in [1.165, 1.54) is 38.5 Å². The summed E-state index contributed by atoms with van der Waals surface area (Å²) in [6.07, 6.45) is 8.30. The zero-order valence-corrected chi connectivity index (χ0v) is 13.4. The number of nitrogens with one attached hydrogen (secondary N) is 1. The first-order valence-corrected chi connectivity index (χ1v) is 8.02. The Bertz CT molecular complexity index is 391. The van der Waals surface area contributed by atoms with Crippen molar-refractivity contribution in [3.8, 4) is 0 Å². The van der Waals surface area contributed by atoms with Crippen molar-refractivity contribution >= 4 is 0 Å². The van der Waals surface area contributed by atoms with Crippen LogP contribution in [-0.4, -0.2) is 32.1 Å². The molecule has 1 heterocycles. The molecule has 1 aliphatic rings. The van der Waals surface area contributed by atoms with Gasteiger partial charge in [-0.3, -0.25) is 4.90 Å². The first-order chi connectivity index (χ1) is 9.63. The standard InChI is InChI=1S/C17H30N2O/c1-15-8-9-16(20-15)12-19(3)14-17(13-18-2)10-6-4-5-7-11-17/h8-9,18H,4-7,10-14H2,1-3H3. The Morgan fingerprint density at radius 1 is 1.20 bits per heavy atom. The van der Waals surface area contributed by atoms with E-state index in [0.29, 0.717) is 5.41 Å². The summed E-state index contributed by atoms with van der Waals surface area (Å²) in [7, 11) is 4.31. The predicted octanol–water partition coefficient (Wildman–Crippen LogP) is 3.58. The summed E-state index contributed by atoms with van der Waals surface area (Å²) in [5.74, 6) is 2.09. The third-order valence-corrected chi connectivity index (χ3v) is 4.54. The highest BCUT2D eigenvalue weighted by molar-refractivity contribution is 5.05. The quantitative estimate of drug-likeness (QED) is 0.806. The van der Waals surface area contributed by atoms with Gasteiger partial charge in [-0.15, -0.1) is 0 Å². The van der Waals surface area contributed by atoms with Gasteiger partial charge in [0.2, 0.25) is 0 Å². The molecule has 1 aromatic heterocycles. The van der Waals surface area contributed by atoms with Crippen molar-refractivity contribution in [1.82, 2.24) is 10.2 Å². The molecule has 114 valence electrons. The minimum atomic E-state index is 0.446. The molecule has 1 N–H and O–H groups in total. The van der Waals surface area contributed by atoms with Gasteiger partial charge < -0.3 is 9.73 Å². The van der Waals surface area contributed by atoms with Crippen molar-refractivity contribution in [2.75, 3.05) is 27.2 Å². The van der Waals surface area contributed by atoms with Crippen molar-refractivity contribution in [2.45, 2.75) is 52.0 Å². The second kappa shape index (κ2) is 7.28. The molecule has 1 fully saturated rings. The molecule has 0 aliphatic heterocycles. The Morgan fingerprint density at radius 3 is 2.45 bits per heavy atom. The van der Waals surface area contributed by atoms with Crippen LogP contribution in [0.25, 0.3) is 0 Å². The van der Waals surface area contributed by atoms with Gasteiger partial charge in [-0.1, -0.05) is 25.7 Å². The zero-order chi connectivity index (χ0) is 14.4. The van der Waals surface area contributed by atoms with Crippen molar-refractivity contribution in [3.63, 3.8) is 0 Å². The van der Waals surface area contributed by atoms with Crippen LogP contribution in [0, 0.1) is 12.3 Å². The summed E-state index contributed by atoms with van der Waals surface area (Å²) >= 11 is 0. The zero-order valence-electron chi connectivity index (χ0n) is 13.4. The van der Waals surface area contributed by atoms with Crippen LogP contribution in [0.2, 0.25) is 0 Å². The fourth-order valence-electron chi connectivity index (χ4n) is 3.71. The Balaban J connectivity index is 1.95. The molecule has 0 saturated heterocycles. The topological polar surface area (TPSA) is 28.4 Å². The van der Waals surface area contributed by atoms with Crippen molar-refractivity contribution in [1.29, 1.82) is 0 Å². The maximum atomic E-state index is 5.70. The van der Waals surface area contributed by atoms with Gasteiger partial charge in [0, 0.05) is 13.1 Å². The largest absolute Gasteiger partial charge is 0.465 e. The minimum absolute atomic E-state index is 0.446. The fraction of sp³-hybridized carbons (Fsp3) is 0.765. The normalized spacial score (nSPS) is 19.2. The summed E-state index contributed by atoms with van der Waals surface area (Å²) in [5, 5.41) is 3.43. The molecule has 0 amide bonds. The number of hydrogen-bond acceptors (Lipinski definition) is 3. The third kappa shape index (κ3) is 4.35. The SMILES string of the molecule is CNCC1(CN(C)Cc2ccc(C)o2)CCCCCC1. The summed E-state index contributed by atoms with van der Waals surface area (Å²) in [6.45, 7) is 5.22. The van der Waals surface area contributed by atoms with Crippen LogP contribution in [0.4, 0.5) is 0 Å². The van der Waals surface area contributed by atoms with Crippen LogP contribution in [0.3, 0.4) is 0 Å². The average Bonchev–Trinajstić information content (AvgIpc) is 2.66. The molecule has 0 bridgehead atoms. The maximum absolute atomic E-state index is 5.70. The Morgan fingerprint density at radius 2 is 1.90 bits per heavy atom. The smallest absolute Gasteiger partial charge is 0.118 e. The summed E-state index contributed by atoms with van der Waals surface area (Å²) < 4.78 is 5.70. The van der Waals surface area contributed by atoms with Gasteiger partial charge in [-0.2, -0.15) is 0 Å². The molecule has 0 aromatic carbocycles. The van der Waals surface area contributed by atoms with Crippen molar-refractivity contribution < 1.29 is 4.42 Å². The van der Waals surface area contributed by atoms with Crippen LogP contribution in [0.5, 0.6) is 0 Å². The van der Waals surface area contributed by atoms with E-state index in [4.69, 9.17) is 4.42 Å². The van der Waals surface area contributed by atoms with Gasteiger partial charge in [0.15, 0.2) is 0 Å². The maximum Gasteiger partial charge on any atom is 0.118 e. The van der Waals surface area contributed by atoms with Gasteiger partial charge in [0.05, 0.1) is 6.54 Å². The molecule has 1 aromatic rings. The fourth-order valence-corrected chi connectivity index (χ4v) is 3.71. The number of hydrogen-bond donors (Lipinski definition) is 1. The Labute approximate surface area is 123 Å². The van der Waals surface area contributed by atoms with Crippen molar-refractivity contribution in [2.24, 2.45) is 5.41 Å². The van der Waals surface area contributed by atoms with E-state index in [0.717, 1.165) is 31.2 Å². The second-order valence-electron chi connectivity index (χ2n) is 6.63. The number of rotatable bonds is 6. The molecule has 2 rings (SSSR count). The third-order valence-electron chi connectivity index (χ3n) is 4.54. The molecular weight excluding hydrogens is 248 g/mol. The Kier molecular flexibility index (Phi) is 5.67. The van der Waals surface area contributed by atoms with Crippen molar-refractivity contribution in [3.05, 3.63) is 23.7 Å². The highest BCUT2D eigenvalue weighted by Gasteiger charge is 2.31. The number of furan rings is 1. The first kappa shape index (κ1) is 15.6. The van der Waals surface area contributed by atoms with E-state index in [1.807, 2.05) is 6.92 Å². The van der Waals surface area contributed by atoms with Crippen LogP contribution < -0.4 is 5.32 Å². The van der Waals surface area contributed by atoms with Crippen LogP contribution in [-0.2, 0) is 6.54 Å². The van der Waals surface area contributed by atoms with E-state index in [1.54, 1.807) is 0 Å². The Hall–Kier alpha value is -0.800. The lowest BCUT2D eigenvalue weighted by molar-refractivity contribution is 0.138. The minimum Gasteiger partial charge on any atom is -0.465 e. The van der Waals surface area contributed by atoms with Crippen LogP contribution in [0.15, 0.2) is 16.5 Å². The molecule has 1 saturated carbocycles. The molecule has 0 unspecified atom stereocenters. The lowest BCUT2D eigenvalue weighted by Gasteiger charge is -2.36. The molecule has 1 aliphatic carbocycles. The summed E-state index contributed by atoms with van der Waals surface area (Å²) in [6, 6.07) is 4.15. The van der Waals surface area contributed by atoms with E-state index < -0.39 is 0 Å². The molecule has 3 nitrogen and oxygen atoms in total.